The second-order valence-corrected chi connectivity index (χ2v) is 3.40. The van der Waals surface area contributed by atoms with Crippen molar-refractivity contribution in [1.29, 1.82) is 0 Å². The molecule has 0 aliphatic heterocycles. The van der Waals surface area contributed by atoms with Crippen molar-refractivity contribution in [2.24, 2.45) is 0 Å². The monoisotopic (exact) mass is 216 g/mol. The fraction of sp³-hybridized carbons (Fsp3) is 0.400. The van der Waals surface area contributed by atoms with Gasteiger partial charge in [0.25, 0.3) is 0 Å². The summed E-state index contributed by atoms with van der Waals surface area (Å²) in [5, 5.41) is 0. The topological polar surface area (TPSA) is 43.4 Å². The van der Waals surface area contributed by atoms with Crippen LogP contribution < -0.4 is 0 Å². The Labute approximate surface area is 86.7 Å². The van der Waals surface area contributed by atoms with E-state index in [2.05, 4.69) is 0 Å². The van der Waals surface area contributed by atoms with Gasteiger partial charge >= 0.3 is 0 Å². The summed E-state index contributed by atoms with van der Waals surface area (Å²) in [5.74, 6) is 0. The molecule has 0 heterocycles. The van der Waals surface area contributed by atoms with Crippen LogP contribution in [0.3, 0.4) is 0 Å². The van der Waals surface area contributed by atoms with Crippen LogP contribution in [-0.4, -0.2) is 21.6 Å². The minimum atomic E-state index is -2.40. The summed E-state index contributed by atoms with van der Waals surface area (Å²) >= 11 is 0. The van der Waals surface area contributed by atoms with Crippen molar-refractivity contribution < 1.29 is 13.2 Å². The molecule has 0 spiro atoms. The fourth-order valence-corrected chi connectivity index (χ4v) is 1.17. The van der Waals surface area contributed by atoms with E-state index in [0.717, 1.165) is 13.2 Å². The van der Waals surface area contributed by atoms with E-state index in [1.165, 1.54) is 0 Å². The lowest BCUT2D eigenvalue weighted by atomic mass is 10.4. The molecule has 1 aromatic rings. The van der Waals surface area contributed by atoms with Crippen LogP contribution in [0, 0.1) is 0 Å². The Morgan fingerprint density at radius 2 is 1.57 bits per heavy atom. The quantitative estimate of drug-likeness (QED) is 0.782. The maximum atomic E-state index is 10.2. The first-order valence-electron chi connectivity index (χ1n) is 4.49. The standard InChI is InChI=1S/C6H6O2S.C4H10O/c7-9(8)6-4-2-1-3-5-6;1-3-5-4-2/h1-5,9H;3-4H2,1-2H3. The summed E-state index contributed by atoms with van der Waals surface area (Å²) in [5.41, 5.74) is 0. The van der Waals surface area contributed by atoms with Crippen LogP contribution in [-0.2, 0) is 15.4 Å². The largest absolute Gasteiger partial charge is 0.382 e. The van der Waals surface area contributed by atoms with Gasteiger partial charge < -0.3 is 4.74 Å². The zero-order chi connectivity index (χ0) is 10.8. The molecule has 1 rings (SSSR count). The number of benzene rings is 1. The van der Waals surface area contributed by atoms with E-state index < -0.39 is 10.7 Å². The van der Waals surface area contributed by atoms with Crippen molar-refractivity contribution in [3.63, 3.8) is 0 Å². The molecule has 14 heavy (non-hydrogen) atoms. The molecule has 0 aliphatic carbocycles. The lowest BCUT2D eigenvalue weighted by molar-refractivity contribution is 0.162. The predicted octanol–water partition coefficient (Wildman–Crippen LogP) is 1.70. The molecule has 0 unspecified atom stereocenters. The molecule has 4 heteroatoms. The van der Waals surface area contributed by atoms with Gasteiger partial charge in [-0.2, -0.15) is 0 Å². The third-order valence-electron chi connectivity index (χ3n) is 1.38. The molecule has 0 saturated carbocycles. The van der Waals surface area contributed by atoms with E-state index in [9.17, 15) is 8.42 Å². The summed E-state index contributed by atoms with van der Waals surface area (Å²) in [6.45, 7) is 5.67. The summed E-state index contributed by atoms with van der Waals surface area (Å²) in [4.78, 5) is 0.368. The lowest BCUT2D eigenvalue weighted by Gasteiger charge is -1.86. The zero-order valence-electron chi connectivity index (χ0n) is 8.47. The molecule has 0 aromatic heterocycles. The molecular formula is C10H16O3S. The molecule has 0 bridgehead atoms. The second-order valence-electron chi connectivity index (χ2n) is 2.37. The van der Waals surface area contributed by atoms with E-state index in [4.69, 9.17) is 4.74 Å². The van der Waals surface area contributed by atoms with Gasteiger partial charge in [-0.05, 0) is 26.0 Å². The molecule has 0 fully saturated rings. The van der Waals surface area contributed by atoms with Crippen LogP contribution in [0.2, 0.25) is 0 Å². The van der Waals surface area contributed by atoms with E-state index in [1.807, 2.05) is 13.8 Å². The number of rotatable bonds is 3. The van der Waals surface area contributed by atoms with Gasteiger partial charge in [0.2, 0.25) is 0 Å². The van der Waals surface area contributed by atoms with E-state index in [1.54, 1.807) is 30.3 Å². The highest BCUT2D eigenvalue weighted by Crippen LogP contribution is 1.97. The van der Waals surface area contributed by atoms with Gasteiger partial charge in [-0.1, -0.05) is 18.2 Å². The van der Waals surface area contributed by atoms with Crippen molar-refractivity contribution >= 4 is 10.7 Å². The molecule has 3 nitrogen and oxygen atoms in total. The molecule has 0 saturated heterocycles. The van der Waals surface area contributed by atoms with Gasteiger partial charge in [0.05, 0.1) is 4.90 Å². The molecule has 0 N–H and O–H groups in total. The normalized spacial score (nSPS) is 9.36. The predicted molar refractivity (Wildman–Crippen MR) is 57.2 cm³/mol. The average molecular weight is 216 g/mol. The summed E-state index contributed by atoms with van der Waals surface area (Å²) in [6, 6.07) is 8.29. The van der Waals surface area contributed by atoms with Gasteiger partial charge in [0, 0.05) is 13.2 Å². The Morgan fingerprint density at radius 3 is 1.79 bits per heavy atom. The van der Waals surface area contributed by atoms with E-state index >= 15 is 0 Å². The Hall–Kier alpha value is -0.870. The van der Waals surface area contributed by atoms with Gasteiger partial charge in [0.15, 0.2) is 10.7 Å². The first kappa shape index (κ1) is 13.1. The van der Waals surface area contributed by atoms with Crippen molar-refractivity contribution in [3.05, 3.63) is 30.3 Å². The summed E-state index contributed by atoms with van der Waals surface area (Å²) in [6.07, 6.45) is 0. The number of hydrogen-bond acceptors (Lipinski definition) is 3. The Balaban J connectivity index is 0.000000292. The van der Waals surface area contributed by atoms with Crippen molar-refractivity contribution in [2.45, 2.75) is 18.7 Å². The first-order valence-corrected chi connectivity index (χ1v) is 5.67. The van der Waals surface area contributed by atoms with Crippen molar-refractivity contribution in [2.75, 3.05) is 13.2 Å². The third-order valence-corrected chi connectivity index (χ3v) is 2.10. The van der Waals surface area contributed by atoms with Crippen LogP contribution in [0.25, 0.3) is 0 Å². The van der Waals surface area contributed by atoms with E-state index in [0.29, 0.717) is 4.90 Å². The van der Waals surface area contributed by atoms with Crippen LogP contribution in [0.5, 0.6) is 0 Å². The van der Waals surface area contributed by atoms with Gasteiger partial charge in [0.1, 0.15) is 0 Å². The minimum absolute atomic E-state index is 0.368. The Bertz CT molecular complexity index is 283. The molecule has 0 radical (unpaired) electrons. The van der Waals surface area contributed by atoms with Crippen LogP contribution in [0.1, 0.15) is 13.8 Å². The van der Waals surface area contributed by atoms with Crippen molar-refractivity contribution in [3.8, 4) is 0 Å². The second kappa shape index (κ2) is 8.72. The Morgan fingerprint density at radius 1 is 1.07 bits per heavy atom. The number of hydrogen-bond donors (Lipinski definition) is 1. The molecular weight excluding hydrogens is 200 g/mol. The summed E-state index contributed by atoms with van der Waals surface area (Å²) < 4.78 is 25.3. The van der Waals surface area contributed by atoms with Crippen LogP contribution in [0.15, 0.2) is 35.2 Å². The number of ether oxygens (including phenoxy) is 1. The minimum Gasteiger partial charge on any atom is -0.382 e. The van der Waals surface area contributed by atoms with Gasteiger partial charge in [-0.25, -0.2) is 8.42 Å². The molecule has 80 valence electrons. The molecule has 0 amide bonds. The first-order chi connectivity index (χ1) is 6.72. The van der Waals surface area contributed by atoms with E-state index in [-0.39, 0.29) is 0 Å². The maximum Gasteiger partial charge on any atom is 0.168 e. The molecule has 0 aliphatic rings. The Kier molecular flexibility index (Phi) is 8.17. The van der Waals surface area contributed by atoms with Crippen LogP contribution in [0.4, 0.5) is 0 Å². The fourth-order valence-electron chi connectivity index (χ4n) is 0.754. The molecule has 1 aromatic carbocycles. The van der Waals surface area contributed by atoms with Gasteiger partial charge in [-0.3, -0.25) is 0 Å². The summed E-state index contributed by atoms with van der Waals surface area (Å²) in [7, 11) is -2.40. The van der Waals surface area contributed by atoms with Crippen molar-refractivity contribution in [1.82, 2.24) is 0 Å². The van der Waals surface area contributed by atoms with Crippen LogP contribution >= 0.6 is 0 Å². The lowest BCUT2D eigenvalue weighted by Crippen LogP contribution is -1.84. The number of thiol groups is 1. The zero-order valence-corrected chi connectivity index (χ0v) is 9.37. The van der Waals surface area contributed by atoms with Gasteiger partial charge in [-0.15, -0.1) is 0 Å². The highest BCUT2D eigenvalue weighted by molar-refractivity contribution is 7.72. The average Bonchev–Trinajstić information content (AvgIpc) is 2.21. The highest BCUT2D eigenvalue weighted by atomic mass is 32.2. The maximum absolute atomic E-state index is 10.2. The highest BCUT2D eigenvalue weighted by Gasteiger charge is 1.87. The molecule has 0 atom stereocenters. The SMILES string of the molecule is CCOCC.O=[SH](=O)c1ccccc1. The third kappa shape index (κ3) is 6.62. The smallest absolute Gasteiger partial charge is 0.168 e.